The number of nitrogens with one attached hydrogen (secondary N) is 2. The van der Waals surface area contributed by atoms with Gasteiger partial charge in [0, 0.05) is 48.8 Å². The molecule has 3 amide bonds. The molecule has 0 bridgehead atoms. The predicted molar refractivity (Wildman–Crippen MR) is 168 cm³/mol. The molecule has 0 unspecified atom stereocenters. The van der Waals surface area contributed by atoms with E-state index >= 15 is 0 Å². The average molecular weight is 622 g/mol. The monoisotopic (exact) mass is 621 g/mol. The van der Waals surface area contributed by atoms with Crippen molar-refractivity contribution < 1.29 is 29.0 Å². The number of aromatic nitrogens is 2. The number of fused-ring (bicyclic) bond motifs is 2. The van der Waals surface area contributed by atoms with Crippen molar-refractivity contribution in [3.63, 3.8) is 0 Å². The predicted octanol–water partition coefficient (Wildman–Crippen LogP) is 4.97. The Morgan fingerprint density at radius 3 is 2.77 bits per heavy atom. The Bertz CT molecular complexity index is 1570. The Kier molecular flexibility index (Phi) is 9.38. The van der Waals surface area contributed by atoms with Gasteiger partial charge in [0.25, 0.3) is 0 Å². The summed E-state index contributed by atoms with van der Waals surface area (Å²) in [5, 5.41) is 19.0. The molecule has 1 fully saturated rings. The molecule has 3 atom stereocenters. The highest BCUT2D eigenvalue weighted by atomic mass is 32.1. The number of urea groups is 1. The lowest BCUT2D eigenvalue weighted by molar-refractivity contribution is -0.143. The first-order chi connectivity index (χ1) is 21.1. The second-order valence-electron chi connectivity index (χ2n) is 11.7. The highest BCUT2D eigenvalue weighted by molar-refractivity contribution is 7.13. The van der Waals surface area contributed by atoms with Crippen LogP contribution in [-0.2, 0) is 9.59 Å². The summed E-state index contributed by atoms with van der Waals surface area (Å²) in [5.41, 5.74) is 0.929. The number of carboxylic acids is 1. The number of aliphatic carboxylic acids is 1. The molecule has 2 aromatic heterocycles. The number of methoxy groups -OCH3 is 1. The zero-order valence-electron chi connectivity index (χ0n) is 25.5. The molecule has 234 valence electrons. The number of carbonyl (C=O) groups excluding carboxylic acids is 2. The van der Waals surface area contributed by atoms with Gasteiger partial charge in [-0.25, -0.2) is 19.6 Å². The van der Waals surface area contributed by atoms with Crippen LogP contribution >= 0.6 is 11.3 Å². The van der Waals surface area contributed by atoms with Gasteiger partial charge in [-0.05, 0) is 43.7 Å². The molecule has 1 aliphatic heterocycles. The molecule has 5 rings (SSSR count). The highest BCUT2D eigenvalue weighted by Gasteiger charge is 2.60. The third-order valence-electron chi connectivity index (χ3n) is 8.16. The highest BCUT2D eigenvalue weighted by Crippen LogP contribution is 2.45. The molecule has 1 saturated carbocycles. The van der Waals surface area contributed by atoms with E-state index in [1.54, 1.807) is 19.1 Å². The van der Waals surface area contributed by atoms with E-state index in [2.05, 4.69) is 24.5 Å². The molecule has 3 aromatic rings. The van der Waals surface area contributed by atoms with Crippen LogP contribution in [0, 0.1) is 5.92 Å². The van der Waals surface area contributed by atoms with Gasteiger partial charge in [-0.1, -0.05) is 26.0 Å². The van der Waals surface area contributed by atoms with Crippen LogP contribution in [0.4, 0.5) is 4.79 Å². The number of nitrogens with zero attached hydrogens (tertiary/aromatic N) is 3. The van der Waals surface area contributed by atoms with E-state index in [1.165, 1.54) is 11.3 Å². The number of pyridine rings is 1. The smallest absolute Gasteiger partial charge is 0.330 e. The number of carbonyl (C=O) groups is 3. The van der Waals surface area contributed by atoms with Gasteiger partial charge in [0.1, 0.15) is 33.8 Å². The number of carboxylic acid groups (broad SMARTS) is 1. The average Bonchev–Trinajstić information content (AvgIpc) is 3.46. The van der Waals surface area contributed by atoms with Crippen LogP contribution in [0.5, 0.6) is 11.5 Å². The van der Waals surface area contributed by atoms with Gasteiger partial charge in [-0.15, -0.1) is 11.3 Å². The topological polar surface area (TPSA) is 143 Å². The Hall–Kier alpha value is -4.19. The fourth-order valence-electron chi connectivity index (χ4n) is 5.26. The van der Waals surface area contributed by atoms with Gasteiger partial charge < -0.3 is 30.1 Å². The third kappa shape index (κ3) is 6.80. The number of rotatable bonds is 8. The van der Waals surface area contributed by atoms with Crippen molar-refractivity contribution in [1.29, 1.82) is 0 Å². The maximum absolute atomic E-state index is 13.5. The van der Waals surface area contributed by atoms with Crippen molar-refractivity contribution in [2.75, 3.05) is 27.3 Å². The first-order valence-corrected chi connectivity index (χ1v) is 15.8. The molecule has 11 nitrogen and oxygen atoms in total. The lowest BCUT2D eigenvalue weighted by atomic mass is 10.1. The van der Waals surface area contributed by atoms with Crippen LogP contribution in [0.25, 0.3) is 21.6 Å². The molecule has 3 heterocycles. The second kappa shape index (κ2) is 13.2. The van der Waals surface area contributed by atoms with Gasteiger partial charge in [-0.2, -0.15) is 0 Å². The minimum Gasteiger partial charge on any atom is -0.497 e. The summed E-state index contributed by atoms with van der Waals surface area (Å²) in [6, 6.07) is 5.94. The summed E-state index contributed by atoms with van der Waals surface area (Å²) in [6.45, 7) is 4.79. The summed E-state index contributed by atoms with van der Waals surface area (Å²) in [5.74, 6) is -0.451. The Balaban J connectivity index is 1.39. The first kappa shape index (κ1) is 31.2. The molecular weight excluding hydrogens is 582 g/mol. The molecular formula is C32H39N5O6S. The SMILES string of the molecule is COc1ccc2c(OCC[C@@H]3NC(=O)N(C)CCCCC=C[C@@H]4C[C@@]4(C(=O)O)NC3=O)cc(-c3nc(C(C)C)cs3)nc2c1. The second-order valence-corrected chi connectivity index (χ2v) is 12.5. The molecule has 0 radical (unpaired) electrons. The van der Waals surface area contributed by atoms with E-state index < -0.39 is 29.5 Å². The zero-order valence-corrected chi connectivity index (χ0v) is 26.3. The maximum Gasteiger partial charge on any atom is 0.330 e. The van der Waals surface area contributed by atoms with Crippen molar-refractivity contribution in [1.82, 2.24) is 25.5 Å². The van der Waals surface area contributed by atoms with Crippen LogP contribution < -0.4 is 20.1 Å². The standard InChI is InChI=1S/C32H39N5O6S/c1-19(2)26-18-44-29(34-26)25-16-27(22-11-10-21(42-4)15-24(22)33-25)43-14-12-23-28(38)36-32(30(39)40)17-20(32)9-7-5-6-8-13-37(3)31(41)35-23/h7,9-11,15-16,18-20,23H,5-6,8,12-14,17H2,1-4H3,(H,35,41)(H,36,38)(H,39,40)/t20-,23+,32-/m1/s1. The van der Waals surface area contributed by atoms with Crippen molar-refractivity contribution in [3.05, 3.63) is 47.5 Å². The number of hydrogen-bond donors (Lipinski definition) is 3. The lowest BCUT2D eigenvalue weighted by Gasteiger charge is -2.25. The summed E-state index contributed by atoms with van der Waals surface area (Å²) in [7, 11) is 3.27. The molecule has 44 heavy (non-hydrogen) atoms. The van der Waals surface area contributed by atoms with Crippen LogP contribution in [0.15, 0.2) is 41.8 Å². The number of amides is 3. The number of thiazole rings is 1. The van der Waals surface area contributed by atoms with Gasteiger partial charge in [0.05, 0.1) is 24.9 Å². The normalized spacial score (nSPS) is 22.6. The quantitative estimate of drug-likeness (QED) is 0.299. The van der Waals surface area contributed by atoms with Crippen LogP contribution in [-0.4, -0.2) is 76.8 Å². The van der Waals surface area contributed by atoms with Crippen molar-refractivity contribution >= 4 is 40.1 Å². The Morgan fingerprint density at radius 1 is 1.23 bits per heavy atom. The Morgan fingerprint density at radius 2 is 2.05 bits per heavy atom. The molecule has 1 aliphatic carbocycles. The minimum atomic E-state index is -1.37. The number of ether oxygens (including phenoxy) is 2. The third-order valence-corrected chi connectivity index (χ3v) is 9.05. The van der Waals surface area contributed by atoms with E-state index in [9.17, 15) is 19.5 Å². The molecule has 12 heteroatoms. The van der Waals surface area contributed by atoms with Crippen LogP contribution in [0.3, 0.4) is 0 Å². The summed E-state index contributed by atoms with van der Waals surface area (Å²) in [6.07, 6.45) is 6.74. The van der Waals surface area contributed by atoms with E-state index in [0.29, 0.717) is 35.7 Å². The number of benzene rings is 1. The van der Waals surface area contributed by atoms with E-state index in [0.717, 1.165) is 35.4 Å². The first-order valence-electron chi connectivity index (χ1n) is 14.9. The fourth-order valence-corrected chi connectivity index (χ4v) is 6.20. The van der Waals surface area contributed by atoms with E-state index in [4.69, 9.17) is 19.4 Å². The summed E-state index contributed by atoms with van der Waals surface area (Å²) in [4.78, 5) is 49.8. The number of hydrogen-bond acceptors (Lipinski definition) is 8. The van der Waals surface area contributed by atoms with Crippen molar-refractivity contribution in [2.24, 2.45) is 5.92 Å². The summed E-state index contributed by atoms with van der Waals surface area (Å²) >= 11 is 1.51. The molecule has 2 aliphatic rings. The largest absolute Gasteiger partial charge is 0.497 e. The zero-order chi connectivity index (χ0) is 31.4. The van der Waals surface area contributed by atoms with Crippen LogP contribution in [0.2, 0.25) is 0 Å². The summed E-state index contributed by atoms with van der Waals surface area (Å²) < 4.78 is 11.7. The molecule has 3 N–H and O–H groups in total. The van der Waals surface area contributed by atoms with Crippen LogP contribution in [0.1, 0.15) is 57.6 Å². The fraction of sp³-hybridized carbons (Fsp3) is 0.469. The van der Waals surface area contributed by atoms with Crippen molar-refractivity contribution in [2.45, 2.75) is 63.5 Å². The van der Waals surface area contributed by atoms with Crippen molar-refractivity contribution in [3.8, 4) is 22.2 Å². The van der Waals surface area contributed by atoms with E-state index in [1.807, 2.05) is 41.8 Å². The van der Waals surface area contributed by atoms with Gasteiger partial charge in [-0.3, -0.25) is 4.79 Å². The molecule has 0 spiro atoms. The van der Waals surface area contributed by atoms with E-state index in [-0.39, 0.29) is 24.9 Å². The lowest BCUT2D eigenvalue weighted by Crippen LogP contribution is -2.55. The van der Waals surface area contributed by atoms with Gasteiger partial charge >= 0.3 is 12.0 Å². The van der Waals surface area contributed by atoms with Gasteiger partial charge in [0.15, 0.2) is 0 Å². The minimum absolute atomic E-state index is 0.0746. The maximum atomic E-state index is 13.5. The van der Waals surface area contributed by atoms with Gasteiger partial charge in [0.2, 0.25) is 5.91 Å². The molecule has 1 aromatic carbocycles. The molecule has 0 saturated heterocycles. The Labute approximate surface area is 260 Å². The number of allylic oxidation sites excluding steroid dienone is 1.